The lowest BCUT2D eigenvalue weighted by Gasteiger charge is -2.54. The molecule has 0 N–H and O–H groups in total. The molecule has 232 valence electrons. The van der Waals surface area contributed by atoms with Gasteiger partial charge in [-0.3, -0.25) is 14.5 Å². The quantitative estimate of drug-likeness (QED) is 0.123. The largest absolute Gasteiger partial charge is 0.462 e. The Labute approximate surface area is 248 Å². The molecule has 0 spiro atoms. The highest BCUT2D eigenvalue weighted by Crippen LogP contribution is 2.65. The normalized spacial score (nSPS) is 31.7. The van der Waals surface area contributed by atoms with E-state index in [2.05, 4.69) is 4.90 Å². The molecule has 3 fully saturated rings. The summed E-state index contributed by atoms with van der Waals surface area (Å²) in [6.45, 7) is 12.8. The van der Waals surface area contributed by atoms with E-state index in [-0.39, 0.29) is 18.4 Å². The van der Waals surface area contributed by atoms with Gasteiger partial charge in [-0.1, -0.05) is 18.2 Å². The van der Waals surface area contributed by atoms with Crippen molar-refractivity contribution in [3.8, 4) is 0 Å². The van der Waals surface area contributed by atoms with E-state index < -0.39 is 40.5 Å². The van der Waals surface area contributed by atoms with E-state index in [0.717, 1.165) is 39.3 Å². The van der Waals surface area contributed by atoms with Gasteiger partial charge in [0, 0.05) is 43.6 Å². The van der Waals surface area contributed by atoms with Gasteiger partial charge in [0.25, 0.3) is 0 Å². The first-order valence-corrected chi connectivity index (χ1v) is 15.1. The lowest BCUT2D eigenvalue weighted by molar-refractivity contribution is -0.235. The van der Waals surface area contributed by atoms with Gasteiger partial charge in [-0.25, -0.2) is 9.59 Å². The smallest absolute Gasteiger partial charge is 0.333 e. The molecule has 42 heavy (non-hydrogen) atoms. The Hall–Kier alpha value is -2.98. The van der Waals surface area contributed by atoms with Crippen LogP contribution < -0.4 is 0 Å². The summed E-state index contributed by atoms with van der Waals surface area (Å²) >= 11 is 0. The van der Waals surface area contributed by atoms with E-state index in [9.17, 15) is 19.2 Å². The summed E-state index contributed by atoms with van der Waals surface area (Å²) in [5.74, 6) is -2.08. The first-order valence-electron chi connectivity index (χ1n) is 15.1. The van der Waals surface area contributed by atoms with E-state index >= 15 is 0 Å². The van der Waals surface area contributed by atoms with Gasteiger partial charge in [-0.05, 0) is 72.3 Å². The zero-order valence-electron chi connectivity index (χ0n) is 25.6. The lowest BCUT2D eigenvalue weighted by atomic mass is 9.62. The van der Waals surface area contributed by atoms with Crippen LogP contribution in [-0.4, -0.2) is 85.5 Å². The molecule has 1 saturated carbocycles. The number of hydrogen-bond acceptors (Lipinski definition) is 10. The van der Waals surface area contributed by atoms with Crippen LogP contribution in [0, 0.1) is 11.3 Å². The molecular weight excluding hydrogens is 542 g/mol. The fourth-order valence-corrected chi connectivity index (χ4v) is 7.00. The maximum absolute atomic E-state index is 13.8. The molecule has 0 aromatic carbocycles. The van der Waals surface area contributed by atoms with Gasteiger partial charge in [0.2, 0.25) is 0 Å². The van der Waals surface area contributed by atoms with Gasteiger partial charge in [-0.2, -0.15) is 0 Å². The highest BCUT2D eigenvalue weighted by atomic mass is 16.6. The molecule has 4 atom stereocenters. The second-order valence-electron chi connectivity index (χ2n) is 12.3. The number of allylic oxidation sites excluding steroid dienone is 3. The summed E-state index contributed by atoms with van der Waals surface area (Å²) in [6.07, 6.45) is 9.27. The molecule has 2 aliphatic heterocycles. The van der Waals surface area contributed by atoms with Gasteiger partial charge in [0.15, 0.2) is 0 Å². The minimum absolute atomic E-state index is 0.230. The number of morpholine rings is 1. The van der Waals surface area contributed by atoms with Gasteiger partial charge in [-0.15, -0.1) is 0 Å². The Morgan fingerprint density at radius 2 is 1.90 bits per heavy atom. The standard InChI is InChI=1S/C32H45NO9/c1-22(2)40-28(36)25-9-13-31-14-11-26(32(31,15-10-25)41-24(4)34)30(5,42-29(31)37)12-6-8-23(3)27(35)39-19-7-16-33-17-20-38-21-18-33/h6,8-9,12,22,26H,7,10-11,13-21H2,1-5H3/b12-6+,23-8+/t26-,30+,31+,32-/m0/s1. The average molecular weight is 588 g/mol. The van der Waals surface area contributed by atoms with Crippen LogP contribution in [0.25, 0.3) is 0 Å². The van der Waals surface area contributed by atoms with Crippen molar-refractivity contribution >= 4 is 23.9 Å². The Morgan fingerprint density at radius 3 is 2.60 bits per heavy atom. The van der Waals surface area contributed by atoms with E-state index in [1.165, 1.54) is 6.92 Å². The minimum atomic E-state index is -1.14. The SMILES string of the molecule is CC(=O)O[C@]12CCC(C(=O)OC(C)C)=CC[C@]13CC[C@H]2[C@@](C)(/C=C/C=C(\C)C(=O)OCCCN1CCOCC1)OC3=O. The van der Waals surface area contributed by atoms with Gasteiger partial charge < -0.3 is 23.7 Å². The van der Waals surface area contributed by atoms with E-state index in [1.807, 2.05) is 6.92 Å². The van der Waals surface area contributed by atoms with Crippen LogP contribution in [0.3, 0.4) is 0 Å². The van der Waals surface area contributed by atoms with Crippen LogP contribution in [-0.2, 0) is 42.9 Å². The summed E-state index contributed by atoms with van der Waals surface area (Å²) in [6, 6.07) is 0. The third-order valence-electron chi connectivity index (χ3n) is 9.07. The zero-order valence-corrected chi connectivity index (χ0v) is 25.6. The van der Waals surface area contributed by atoms with Crippen LogP contribution in [0.15, 0.2) is 35.5 Å². The predicted octanol–water partition coefficient (Wildman–Crippen LogP) is 3.83. The molecule has 0 aromatic heterocycles. The molecule has 4 rings (SSSR count). The Bertz CT molecular complexity index is 1150. The summed E-state index contributed by atoms with van der Waals surface area (Å²) in [5, 5.41) is 0. The van der Waals surface area contributed by atoms with Crippen molar-refractivity contribution in [2.24, 2.45) is 11.3 Å². The van der Waals surface area contributed by atoms with Crippen LogP contribution >= 0.6 is 0 Å². The Balaban J connectivity index is 1.47. The van der Waals surface area contributed by atoms with Crippen molar-refractivity contribution in [2.75, 3.05) is 39.5 Å². The number of hydrogen-bond donors (Lipinski definition) is 0. The number of cyclic esters (lactones) is 1. The highest BCUT2D eigenvalue weighted by Gasteiger charge is 2.74. The molecule has 0 unspecified atom stereocenters. The number of carbonyl (C=O) groups is 4. The summed E-state index contributed by atoms with van der Waals surface area (Å²) in [5.41, 5.74) is -2.40. The third-order valence-corrected chi connectivity index (χ3v) is 9.07. The maximum atomic E-state index is 13.8. The fourth-order valence-electron chi connectivity index (χ4n) is 7.00. The lowest BCUT2D eigenvalue weighted by Crippen LogP contribution is -2.65. The average Bonchev–Trinajstić information content (AvgIpc) is 3.07. The molecule has 0 radical (unpaired) electrons. The molecule has 2 heterocycles. The van der Waals surface area contributed by atoms with Crippen molar-refractivity contribution in [2.45, 2.75) is 90.4 Å². The van der Waals surface area contributed by atoms with Crippen molar-refractivity contribution in [1.29, 1.82) is 0 Å². The molecule has 0 aromatic rings. The Kier molecular flexibility index (Phi) is 9.98. The summed E-state index contributed by atoms with van der Waals surface area (Å²) < 4.78 is 28.4. The second-order valence-corrected chi connectivity index (χ2v) is 12.3. The zero-order chi connectivity index (χ0) is 30.5. The van der Waals surface area contributed by atoms with E-state index in [1.54, 1.807) is 45.1 Å². The molecule has 10 nitrogen and oxygen atoms in total. The number of carbonyl (C=O) groups excluding carboxylic acids is 4. The monoisotopic (exact) mass is 587 g/mol. The Morgan fingerprint density at radius 1 is 1.17 bits per heavy atom. The van der Waals surface area contributed by atoms with Crippen LogP contribution in [0.5, 0.6) is 0 Å². The third kappa shape index (κ3) is 6.49. The van der Waals surface area contributed by atoms with E-state index in [4.69, 9.17) is 23.7 Å². The second kappa shape index (κ2) is 13.1. The van der Waals surface area contributed by atoms with Gasteiger partial charge in [0.1, 0.15) is 16.6 Å². The first-order chi connectivity index (χ1) is 19.9. The van der Waals surface area contributed by atoms with Gasteiger partial charge >= 0.3 is 23.9 Å². The van der Waals surface area contributed by atoms with Crippen LogP contribution in [0.4, 0.5) is 0 Å². The minimum Gasteiger partial charge on any atom is -0.462 e. The molecule has 2 bridgehead atoms. The van der Waals surface area contributed by atoms with Crippen molar-refractivity contribution < 1.29 is 42.9 Å². The predicted molar refractivity (Wildman–Crippen MR) is 153 cm³/mol. The topological polar surface area (TPSA) is 118 Å². The van der Waals surface area contributed by atoms with Crippen molar-refractivity contribution in [3.63, 3.8) is 0 Å². The molecule has 4 aliphatic rings. The molecule has 2 saturated heterocycles. The summed E-state index contributed by atoms with van der Waals surface area (Å²) in [4.78, 5) is 53.8. The molecular formula is C32H45NO9. The van der Waals surface area contributed by atoms with Gasteiger partial charge in [0.05, 0.1) is 25.9 Å². The number of nitrogens with zero attached hydrogens (tertiary/aromatic N) is 1. The molecule has 2 aliphatic carbocycles. The highest BCUT2D eigenvalue weighted by molar-refractivity contribution is 5.90. The van der Waals surface area contributed by atoms with Crippen LogP contribution in [0.1, 0.15) is 73.1 Å². The molecule has 10 heteroatoms. The number of esters is 4. The number of ether oxygens (including phenoxy) is 5. The van der Waals surface area contributed by atoms with Crippen molar-refractivity contribution in [1.82, 2.24) is 4.90 Å². The fraction of sp³-hybridized carbons (Fsp3) is 0.688. The first kappa shape index (κ1) is 31.9. The van der Waals surface area contributed by atoms with E-state index in [0.29, 0.717) is 43.4 Å². The van der Waals surface area contributed by atoms with Crippen molar-refractivity contribution in [3.05, 3.63) is 35.5 Å². The maximum Gasteiger partial charge on any atom is 0.333 e. The molecule has 0 amide bonds. The summed E-state index contributed by atoms with van der Waals surface area (Å²) in [7, 11) is 0. The van der Waals surface area contributed by atoms with Crippen LogP contribution in [0.2, 0.25) is 0 Å². The number of rotatable bonds is 10.